The van der Waals surface area contributed by atoms with E-state index in [-0.39, 0.29) is 29.3 Å². The van der Waals surface area contributed by atoms with Crippen molar-refractivity contribution in [3.8, 4) is 0 Å². The first-order valence-electron chi connectivity index (χ1n) is 11.2. The number of hydrogen-bond acceptors (Lipinski definition) is 6. The molecule has 0 spiro atoms. The number of hydrogen-bond donors (Lipinski definition) is 1. The fourth-order valence-corrected chi connectivity index (χ4v) is 5.93. The predicted octanol–water partition coefficient (Wildman–Crippen LogP) is 2.18. The smallest absolute Gasteiger partial charge is 0.243 e. The lowest BCUT2D eigenvalue weighted by Gasteiger charge is -2.34. The summed E-state index contributed by atoms with van der Waals surface area (Å²) >= 11 is 0. The Balaban J connectivity index is 1.41. The highest BCUT2D eigenvalue weighted by atomic mass is 32.2. The molecule has 1 aromatic carbocycles. The second-order valence-electron chi connectivity index (χ2n) is 8.37. The number of carbonyl (C=O) groups is 1. The molecule has 2 atom stereocenters. The Morgan fingerprint density at radius 3 is 2.56 bits per heavy atom. The van der Waals surface area contributed by atoms with Crippen molar-refractivity contribution >= 4 is 15.9 Å². The lowest BCUT2D eigenvalue weighted by Crippen LogP contribution is -2.48. The Labute approximate surface area is 189 Å². The average molecular weight is 462 g/mol. The fraction of sp³-hybridized carbons (Fsp3) is 0.522. The topological polar surface area (TPSA) is 92.1 Å². The summed E-state index contributed by atoms with van der Waals surface area (Å²) in [6, 6.07) is 12.2. The zero-order valence-corrected chi connectivity index (χ0v) is 19.2. The Morgan fingerprint density at radius 2 is 1.88 bits per heavy atom. The highest BCUT2D eigenvalue weighted by Gasteiger charge is 2.34. The van der Waals surface area contributed by atoms with E-state index in [1.165, 1.54) is 4.31 Å². The molecule has 2 aliphatic rings. The predicted molar refractivity (Wildman–Crippen MR) is 120 cm³/mol. The van der Waals surface area contributed by atoms with Gasteiger partial charge in [-0.15, -0.1) is 0 Å². The van der Waals surface area contributed by atoms with E-state index < -0.39 is 10.0 Å². The molecule has 2 saturated heterocycles. The van der Waals surface area contributed by atoms with Crippen LogP contribution in [0.1, 0.15) is 30.4 Å². The van der Waals surface area contributed by atoms with Gasteiger partial charge in [-0.05, 0) is 44.0 Å². The molecule has 1 N–H and O–H groups in total. The van der Waals surface area contributed by atoms with Gasteiger partial charge in [-0.1, -0.05) is 18.2 Å². The maximum atomic E-state index is 13.0. The Bertz CT molecular complexity index is 1000. The molecule has 0 bridgehead atoms. The number of sulfonamides is 1. The van der Waals surface area contributed by atoms with Gasteiger partial charge in [-0.25, -0.2) is 8.42 Å². The minimum absolute atomic E-state index is 0.0794. The van der Waals surface area contributed by atoms with Gasteiger partial charge in [0.1, 0.15) is 11.5 Å². The first-order chi connectivity index (χ1) is 15.4. The molecule has 0 radical (unpaired) electrons. The van der Waals surface area contributed by atoms with Crippen molar-refractivity contribution in [2.45, 2.75) is 30.7 Å². The zero-order valence-electron chi connectivity index (χ0n) is 18.4. The van der Waals surface area contributed by atoms with Crippen LogP contribution >= 0.6 is 0 Å². The van der Waals surface area contributed by atoms with Crippen LogP contribution in [0.5, 0.6) is 0 Å². The number of ether oxygens (including phenoxy) is 1. The summed E-state index contributed by atoms with van der Waals surface area (Å²) in [7, 11) is -3.60. The molecule has 4 rings (SSSR count). The van der Waals surface area contributed by atoms with E-state index in [0.717, 1.165) is 24.6 Å². The van der Waals surface area contributed by atoms with E-state index in [1.807, 2.05) is 19.1 Å². The van der Waals surface area contributed by atoms with Gasteiger partial charge in [0.2, 0.25) is 15.9 Å². The molecule has 9 heteroatoms. The van der Waals surface area contributed by atoms with Crippen molar-refractivity contribution in [2.75, 3.05) is 45.9 Å². The SMILES string of the molecule is Cc1ccc(C(CNC(=O)C2CCCN(S(=O)(=O)c3ccccc3)C2)N2CCOCC2)o1. The molecule has 2 fully saturated rings. The molecule has 2 aromatic rings. The van der Waals surface area contributed by atoms with E-state index in [2.05, 4.69) is 10.2 Å². The lowest BCUT2D eigenvalue weighted by molar-refractivity contribution is -0.126. The molecule has 32 heavy (non-hydrogen) atoms. The number of nitrogens with zero attached hydrogens (tertiary/aromatic N) is 2. The molecular formula is C23H31N3O5S. The maximum Gasteiger partial charge on any atom is 0.243 e. The lowest BCUT2D eigenvalue weighted by atomic mass is 9.98. The minimum atomic E-state index is -3.60. The molecule has 3 heterocycles. The van der Waals surface area contributed by atoms with Gasteiger partial charge in [0, 0.05) is 32.7 Å². The first-order valence-corrected chi connectivity index (χ1v) is 12.6. The second-order valence-corrected chi connectivity index (χ2v) is 10.3. The maximum absolute atomic E-state index is 13.0. The van der Waals surface area contributed by atoms with E-state index in [9.17, 15) is 13.2 Å². The van der Waals surface area contributed by atoms with E-state index in [4.69, 9.17) is 9.15 Å². The molecule has 1 amide bonds. The van der Waals surface area contributed by atoms with E-state index in [0.29, 0.717) is 39.1 Å². The number of benzene rings is 1. The quantitative estimate of drug-likeness (QED) is 0.680. The van der Waals surface area contributed by atoms with Crippen molar-refractivity contribution < 1.29 is 22.4 Å². The Kier molecular flexibility index (Phi) is 7.30. The van der Waals surface area contributed by atoms with Gasteiger partial charge in [0.15, 0.2) is 0 Å². The summed E-state index contributed by atoms with van der Waals surface area (Å²) < 4.78 is 38.7. The molecular weight excluding hydrogens is 430 g/mol. The van der Waals surface area contributed by atoms with Crippen LogP contribution in [-0.2, 0) is 19.6 Å². The molecule has 0 saturated carbocycles. The number of aryl methyl sites for hydroxylation is 1. The van der Waals surface area contributed by atoms with Crippen LogP contribution in [0, 0.1) is 12.8 Å². The molecule has 2 aliphatic heterocycles. The van der Waals surface area contributed by atoms with Crippen molar-refractivity contribution in [1.29, 1.82) is 0 Å². The minimum Gasteiger partial charge on any atom is -0.465 e. The summed E-state index contributed by atoms with van der Waals surface area (Å²) in [5.41, 5.74) is 0. The van der Waals surface area contributed by atoms with Gasteiger partial charge in [-0.2, -0.15) is 4.31 Å². The van der Waals surface area contributed by atoms with Crippen molar-refractivity contribution in [1.82, 2.24) is 14.5 Å². The monoisotopic (exact) mass is 461 g/mol. The summed E-state index contributed by atoms with van der Waals surface area (Å²) in [5.74, 6) is 1.17. The average Bonchev–Trinajstić information content (AvgIpc) is 3.26. The van der Waals surface area contributed by atoms with Gasteiger partial charge in [0.05, 0.1) is 30.1 Å². The van der Waals surface area contributed by atoms with Crippen LogP contribution in [0.25, 0.3) is 0 Å². The fourth-order valence-electron chi connectivity index (χ4n) is 4.39. The highest BCUT2D eigenvalue weighted by molar-refractivity contribution is 7.89. The van der Waals surface area contributed by atoms with Crippen LogP contribution < -0.4 is 5.32 Å². The number of carbonyl (C=O) groups excluding carboxylic acids is 1. The third-order valence-corrected chi connectivity index (χ3v) is 8.06. The number of nitrogens with one attached hydrogen (secondary N) is 1. The second kappa shape index (κ2) is 10.2. The largest absolute Gasteiger partial charge is 0.465 e. The number of amides is 1. The van der Waals surface area contributed by atoms with E-state index in [1.54, 1.807) is 30.3 Å². The summed E-state index contributed by atoms with van der Waals surface area (Å²) in [6.07, 6.45) is 1.34. The molecule has 174 valence electrons. The normalized spacial score (nSPS) is 21.8. The van der Waals surface area contributed by atoms with E-state index >= 15 is 0 Å². The molecule has 2 unspecified atom stereocenters. The number of morpholine rings is 1. The van der Waals surface area contributed by atoms with Gasteiger partial charge >= 0.3 is 0 Å². The third kappa shape index (κ3) is 5.23. The molecule has 1 aromatic heterocycles. The third-order valence-electron chi connectivity index (χ3n) is 6.18. The molecule has 8 nitrogen and oxygen atoms in total. The van der Waals surface area contributed by atoms with Crippen molar-refractivity contribution in [3.05, 3.63) is 54.0 Å². The Morgan fingerprint density at radius 1 is 1.12 bits per heavy atom. The number of piperidine rings is 1. The number of furan rings is 1. The van der Waals surface area contributed by atoms with Gasteiger partial charge < -0.3 is 14.5 Å². The van der Waals surface area contributed by atoms with Crippen LogP contribution in [0.4, 0.5) is 0 Å². The molecule has 0 aliphatic carbocycles. The van der Waals surface area contributed by atoms with Crippen LogP contribution in [0.15, 0.2) is 51.8 Å². The van der Waals surface area contributed by atoms with Crippen LogP contribution in [0.2, 0.25) is 0 Å². The standard InChI is InChI=1S/C23H31N3O5S/c1-18-9-10-22(31-18)21(25-12-14-30-15-13-25)16-24-23(27)19-6-5-11-26(17-19)32(28,29)20-7-3-2-4-8-20/h2-4,7-10,19,21H,5-6,11-17H2,1H3,(H,24,27). The summed E-state index contributed by atoms with van der Waals surface area (Å²) in [5, 5.41) is 3.07. The Hall–Kier alpha value is -2.20. The summed E-state index contributed by atoms with van der Waals surface area (Å²) in [4.78, 5) is 15.5. The van der Waals surface area contributed by atoms with Crippen LogP contribution in [0.3, 0.4) is 0 Å². The highest BCUT2D eigenvalue weighted by Crippen LogP contribution is 2.26. The summed E-state index contributed by atoms with van der Waals surface area (Å²) in [6.45, 7) is 5.79. The zero-order chi connectivity index (χ0) is 22.6. The van der Waals surface area contributed by atoms with Crippen molar-refractivity contribution in [3.63, 3.8) is 0 Å². The van der Waals surface area contributed by atoms with Gasteiger partial charge in [-0.3, -0.25) is 9.69 Å². The van der Waals surface area contributed by atoms with Gasteiger partial charge in [0.25, 0.3) is 0 Å². The van der Waals surface area contributed by atoms with Crippen LogP contribution in [-0.4, -0.2) is 69.5 Å². The number of rotatable bonds is 7. The van der Waals surface area contributed by atoms with Crippen molar-refractivity contribution in [2.24, 2.45) is 5.92 Å². The first kappa shape index (κ1) is 23.0.